The summed E-state index contributed by atoms with van der Waals surface area (Å²) in [5, 5.41) is 9.32. The molecule has 0 saturated carbocycles. The van der Waals surface area contributed by atoms with E-state index in [0.29, 0.717) is 5.56 Å². The van der Waals surface area contributed by atoms with Gasteiger partial charge in [-0.25, -0.2) is 9.59 Å². The highest BCUT2D eigenvalue weighted by Crippen LogP contribution is 2.26. The molecule has 2 aromatic heterocycles. The fraction of sp³-hybridized carbons (Fsp3) is 0.222. The molecule has 3 aromatic rings. The number of carboxylic acids is 1. The van der Waals surface area contributed by atoms with E-state index >= 15 is 0 Å². The lowest BCUT2D eigenvalue weighted by Crippen LogP contribution is -2.37. The molecular weight excluding hydrogens is 356 g/mol. The number of H-pyrrole nitrogens is 1. The molecule has 26 heavy (non-hydrogen) atoms. The first-order chi connectivity index (χ1) is 12.2. The molecule has 0 unspecified atom stereocenters. The molecule has 0 saturated heterocycles. The Balaban J connectivity index is 2.10. The molecule has 0 aliphatic heterocycles. The number of aromatic carboxylic acids is 1. The Bertz CT molecular complexity index is 1180. The van der Waals surface area contributed by atoms with Crippen molar-refractivity contribution in [3.8, 4) is 0 Å². The maximum atomic E-state index is 12.7. The van der Waals surface area contributed by atoms with E-state index in [0.717, 1.165) is 27.0 Å². The van der Waals surface area contributed by atoms with Crippen molar-refractivity contribution in [2.24, 2.45) is 0 Å². The van der Waals surface area contributed by atoms with Crippen LogP contribution in [0.25, 0.3) is 10.2 Å². The molecule has 8 heteroatoms. The molecule has 0 aliphatic rings. The Morgan fingerprint density at radius 2 is 1.85 bits per heavy atom. The van der Waals surface area contributed by atoms with E-state index in [1.807, 2.05) is 13.8 Å². The van der Waals surface area contributed by atoms with Crippen LogP contribution in [0.5, 0.6) is 0 Å². The minimum absolute atomic E-state index is 0.00835. The molecule has 0 spiro atoms. The number of aryl methyl sites for hydroxylation is 3. The summed E-state index contributed by atoms with van der Waals surface area (Å²) < 4.78 is 0.811. The molecule has 0 radical (unpaired) electrons. The number of fused-ring (bicyclic) bond motifs is 1. The molecular formula is C18H16N2O5S. The predicted molar refractivity (Wildman–Crippen MR) is 98.6 cm³/mol. The maximum absolute atomic E-state index is 12.7. The molecule has 0 fully saturated rings. The minimum Gasteiger partial charge on any atom is -0.477 e. The Labute approximate surface area is 151 Å². The Hall–Kier alpha value is -3.00. The Morgan fingerprint density at radius 3 is 2.46 bits per heavy atom. The number of benzene rings is 1. The summed E-state index contributed by atoms with van der Waals surface area (Å²) >= 11 is 0.834. The number of nitrogens with one attached hydrogen (secondary N) is 1. The average molecular weight is 372 g/mol. The van der Waals surface area contributed by atoms with E-state index in [4.69, 9.17) is 0 Å². The van der Waals surface area contributed by atoms with E-state index < -0.39 is 23.8 Å². The number of aromatic nitrogens is 2. The third-order valence-corrected chi connectivity index (χ3v) is 5.59. The Kier molecular flexibility index (Phi) is 4.37. The number of ketones is 1. The highest BCUT2D eigenvalue weighted by Gasteiger charge is 2.21. The standard InChI is InChI=1S/C18H16N2O5S/c1-8-4-5-11(6-9(8)2)12(21)7-20-16(22)13-10(3)14(17(23)24)26-15(13)19-18(20)25/h4-6H,7H2,1-3H3,(H,19,25)(H,23,24). The molecule has 2 N–H and O–H groups in total. The summed E-state index contributed by atoms with van der Waals surface area (Å²) in [6.45, 7) is 4.90. The van der Waals surface area contributed by atoms with Crippen LogP contribution in [0.1, 0.15) is 36.7 Å². The quantitative estimate of drug-likeness (QED) is 0.683. The van der Waals surface area contributed by atoms with E-state index in [1.54, 1.807) is 18.2 Å². The van der Waals surface area contributed by atoms with Crippen molar-refractivity contribution < 1.29 is 14.7 Å². The first-order valence-corrected chi connectivity index (χ1v) is 8.62. The zero-order chi connectivity index (χ0) is 19.2. The van der Waals surface area contributed by atoms with Gasteiger partial charge in [0.25, 0.3) is 5.56 Å². The zero-order valence-electron chi connectivity index (χ0n) is 14.4. The summed E-state index contributed by atoms with van der Waals surface area (Å²) in [4.78, 5) is 51.4. The van der Waals surface area contributed by atoms with Crippen LogP contribution in [0.4, 0.5) is 0 Å². The van der Waals surface area contributed by atoms with Crippen molar-refractivity contribution in [1.29, 1.82) is 0 Å². The van der Waals surface area contributed by atoms with Crippen LogP contribution in [-0.2, 0) is 6.54 Å². The van der Waals surface area contributed by atoms with Gasteiger partial charge >= 0.3 is 11.7 Å². The number of nitrogens with zero attached hydrogens (tertiary/aromatic N) is 1. The normalized spacial score (nSPS) is 11.0. The fourth-order valence-electron chi connectivity index (χ4n) is 2.75. The van der Waals surface area contributed by atoms with Gasteiger partial charge in [-0.15, -0.1) is 11.3 Å². The number of thiophene rings is 1. The van der Waals surface area contributed by atoms with E-state index in [1.165, 1.54) is 6.92 Å². The third kappa shape index (κ3) is 2.88. The second-order valence-electron chi connectivity index (χ2n) is 6.11. The summed E-state index contributed by atoms with van der Waals surface area (Å²) in [7, 11) is 0. The first kappa shape index (κ1) is 17.8. The van der Waals surface area contributed by atoms with E-state index in [9.17, 15) is 24.3 Å². The Morgan fingerprint density at radius 1 is 1.15 bits per heavy atom. The summed E-state index contributed by atoms with van der Waals surface area (Å²) in [5.74, 6) is -1.53. The third-order valence-electron chi connectivity index (χ3n) is 4.40. The van der Waals surface area contributed by atoms with Gasteiger partial charge in [0.1, 0.15) is 9.71 Å². The molecule has 3 rings (SSSR count). The smallest absolute Gasteiger partial charge is 0.346 e. The van der Waals surface area contributed by atoms with Crippen LogP contribution < -0.4 is 11.2 Å². The monoisotopic (exact) mass is 372 g/mol. The predicted octanol–water partition coefficient (Wildman–Crippen LogP) is 2.26. The zero-order valence-corrected chi connectivity index (χ0v) is 15.2. The number of hydrogen-bond donors (Lipinski definition) is 2. The first-order valence-electron chi connectivity index (χ1n) is 7.80. The van der Waals surface area contributed by atoms with Crippen molar-refractivity contribution in [2.45, 2.75) is 27.3 Å². The minimum atomic E-state index is -1.17. The van der Waals surface area contributed by atoms with E-state index in [2.05, 4.69) is 4.98 Å². The van der Waals surface area contributed by atoms with Crippen LogP contribution in [0.2, 0.25) is 0 Å². The van der Waals surface area contributed by atoms with Gasteiger partial charge in [0.15, 0.2) is 5.78 Å². The topological polar surface area (TPSA) is 109 Å². The molecule has 0 atom stereocenters. The van der Waals surface area contributed by atoms with Gasteiger partial charge in [0.05, 0.1) is 11.9 Å². The van der Waals surface area contributed by atoms with Gasteiger partial charge in [-0.3, -0.25) is 19.1 Å². The van der Waals surface area contributed by atoms with Crippen molar-refractivity contribution in [3.05, 3.63) is 66.2 Å². The number of aromatic amines is 1. The number of rotatable bonds is 4. The van der Waals surface area contributed by atoms with Gasteiger partial charge in [-0.05, 0) is 43.5 Å². The van der Waals surface area contributed by atoms with Crippen molar-refractivity contribution >= 4 is 33.3 Å². The number of hydrogen-bond acceptors (Lipinski definition) is 5. The summed E-state index contributed by atoms with van der Waals surface area (Å²) in [6, 6.07) is 5.18. The largest absolute Gasteiger partial charge is 0.477 e. The second-order valence-corrected chi connectivity index (χ2v) is 7.13. The van der Waals surface area contributed by atoms with Crippen LogP contribution in [0.15, 0.2) is 27.8 Å². The molecule has 134 valence electrons. The number of Topliss-reactive ketones (excluding diaryl/α,β-unsaturated/α-hetero) is 1. The number of carbonyl (C=O) groups is 2. The summed E-state index contributed by atoms with van der Waals surface area (Å²) in [5.41, 5.74) is 1.26. The van der Waals surface area contributed by atoms with E-state index in [-0.39, 0.29) is 26.4 Å². The molecule has 1 aromatic carbocycles. The summed E-state index contributed by atoms with van der Waals surface area (Å²) in [6.07, 6.45) is 0. The van der Waals surface area contributed by atoms with Gasteiger partial charge in [-0.2, -0.15) is 0 Å². The van der Waals surface area contributed by atoms with Crippen molar-refractivity contribution in [1.82, 2.24) is 9.55 Å². The number of carboxylic acid groups (broad SMARTS) is 1. The SMILES string of the molecule is Cc1ccc(C(=O)Cn2c(=O)[nH]c3sc(C(=O)O)c(C)c3c2=O)cc1C. The van der Waals surface area contributed by atoms with Crippen molar-refractivity contribution in [3.63, 3.8) is 0 Å². The van der Waals surface area contributed by atoms with Gasteiger partial charge in [-0.1, -0.05) is 12.1 Å². The lowest BCUT2D eigenvalue weighted by molar-refractivity contribution is 0.0701. The molecule has 0 amide bonds. The van der Waals surface area contributed by atoms with Crippen molar-refractivity contribution in [2.75, 3.05) is 0 Å². The van der Waals surface area contributed by atoms with Crippen LogP contribution in [0, 0.1) is 20.8 Å². The molecule has 2 heterocycles. The second kappa shape index (κ2) is 6.38. The van der Waals surface area contributed by atoms with Gasteiger partial charge in [0, 0.05) is 5.56 Å². The highest BCUT2D eigenvalue weighted by molar-refractivity contribution is 7.20. The van der Waals surface area contributed by atoms with Gasteiger partial charge in [0.2, 0.25) is 0 Å². The maximum Gasteiger partial charge on any atom is 0.346 e. The lowest BCUT2D eigenvalue weighted by Gasteiger charge is -2.07. The van der Waals surface area contributed by atoms with Crippen LogP contribution in [0.3, 0.4) is 0 Å². The molecule has 7 nitrogen and oxygen atoms in total. The lowest BCUT2D eigenvalue weighted by atomic mass is 10.0. The highest BCUT2D eigenvalue weighted by atomic mass is 32.1. The number of carbonyl (C=O) groups excluding carboxylic acids is 1. The average Bonchev–Trinajstić information content (AvgIpc) is 2.90. The van der Waals surface area contributed by atoms with Crippen LogP contribution in [-0.4, -0.2) is 26.4 Å². The molecule has 0 aliphatic carbocycles. The fourth-order valence-corrected chi connectivity index (χ4v) is 3.78. The van der Waals surface area contributed by atoms with Crippen LogP contribution >= 0.6 is 11.3 Å². The van der Waals surface area contributed by atoms with Gasteiger partial charge < -0.3 is 5.11 Å². The molecule has 0 bridgehead atoms.